The summed E-state index contributed by atoms with van der Waals surface area (Å²) in [5.41, 5.74) is 0. The summed E-state index contributed by atoms with van der Waals surface area (Å²) < 4.78 is 5.42. The third kappa shape index (κ3) is 3.42. The highest BCUT2D eigenvalue weighted by molar-refractivity contribution is 6.43. The average molecular weight is 270 g/mol. The van der Waals surface area contributed by atoms with Crippen LogP contribution in [0.5, 0.6) is 5.75 Å². The van der Waals surface area contributed by atoms with E-state index >= 15 is 0 Å². The van der Waals surface area contributed by atoms with Gasteiger partial charge in [-0.15, -0.1) is 0 Å². The Balaban J connectivity index is 2.91. The van der Waals surface area contributed by atoms with Gasteiger partial charge in [0.05, 0.1) is 21.2 Å². The molecule has 0 spiro atoms. The molecule has 1 rings (SSSR count). The monoisotopic (exact) mass is 268 g/mol. The van der Waals surface area contributed by atoms with Crippen molar-refractivity contribution < 1.29 is 9.84 Å². The smallest absolute Gasteiger partial charge is 0.140 e. The van der Waals surface area contributed by atoms with Gasteiger partial charge in [0.1, 0.15) is 11.9 Å². The Bertz CT molecular complexity index is 353. The second kappa shape index (κ2) is 5.26. The van der Waals surface area contributed by atoms with Gasteiger partial charge in [0.25, 0.3) is 0 Å². The van der Waals surface area contributed by atoms with Crippen molar-refractivity contribution in [2.24, 2.45) is 0 Å². The van der Waals surface area contributed by atoms with Gasteiger partial charge in [-0.3, -0.25) is 0 Å². The van der Waals surface area contributed by atoms with Crippen LogP contribution in [0.4, 0.5) is 0 Å². The number of ether oxygens (including phenoxy) is 1. The molecule has 0 aliphatic rings. The average Bonchev–Trinajstić information content (AvgIpc) is 2.13. The third-order valence-corrected chi connectivity index (χ3v) is 2.98. The van der Waals surface area contributed by atoms with E-state index < -0.39 is 6.10 Å². The van der Waals surface area contributed by atoms with E-state index in [2.05, 4.69) is 0 Å². The molecule has 2 nitrogen and oxygen atoms in total. The zero-order valence-corrected chi connectivity index (χ0v) is 10.6. The van der Waals surface area contributed by atoms with E-state index in [4.69, 9.17) is 39.5 Å². The van der Waals surface area contributed by atoms with Crippen LogP contribution in [0.2, 0.25) is 15.1 Å². The summed E-state index contributed by atoms with van der Waals surface area (Å²) in [4.78, 5) is 0. The fourth-order valence-corrected chi connectivity index (χ4v) is 1.47. The van der Waals surface area contributed by atoms with E-state index in [9.17, 15) is 5.11 Å². The van der Waals surface area contributed by atoms with Gasteiger partial charge in [0.2, 0.25) is 0 Å². The molecule has 0 amide bonds. The van der Waals surface area contributed by atoms with Gasteiger partial charge in [0.15, 0.2) is 0 Å². The Kier molecular flexibility index (Phi) is 4.53. The van der Waals surface area contributed by atoms with E-state index in [-0.39, 0.29) is 6.10 Å². The summed E-state index contributed by atoms with van der Waals surface area (Å²) in [7, 11) is 0. The van der Waals surface area contributed by atoms with E-state index in [1.54, 1.807) is 13.8 Å². The molecule has 15 heavy (non-hydrogen) atoms. The molecule has 0 saturated heterocycles. The Hall–Kier alpha value is -0.150. The summed E-state index contributed by atoms with van der Waals surface area (Å²) in [6, 6.07) is 3.04. The van der Waals surface area contributed by atoms with Crippen molar-refractivity contribution in [1.29, 1.82) is 0 Å². The number of aliphatic hydroxyl groups is 1. The van der Waals surface area contributed by atoms with Crippen LogP contribution in [-0.2, 0) is 0 Å². The highest BCUT2D eigenvalue weighted by atomic mass is 35.5. The maximum absolute atomic E-state index is 9.27. The minimum atomic E-state index is -0.587. The minimum Gasteiger partial charge on any atom is -0.486 e. The summed E-state index contributed by atoms with van der Waals surface area (Å²) in [6.45, 7) is 3.37. The Morgan fingerprint density at radius 3 is 2.13 bits per heavy atom. The lowest BCUT2D eigenvalue weighted by atomic mass is 10.2. The fourth-order valence-electron chi connectivity index (χ4n) is 0.893. The first-order valence-electron chi connectivity index (χ1n) is 4.41. The van der Waals surface area contributed by atoms with Crippen LogP contribution in [-0.4, -0.2) is 17.3 Å². The van der Waals surface area contributed by atoms with Crippen molar-refractivity contribution in [2.45, 2.75) is 26.1 Å². The van der Waals surface area contributed by atoms with Gasteiger partial charge < -0.3 is 9.84 Å². The highest BCUT2D eigenvalue weighted by Gasteiger charge is 2.14. The molecule has 0 saturated carbocycles. The number of halogens is 3. The van der Waals surface area contributed by atoms with Gasteiger partial charge in [-0.1, -0.05) is 34.8 Å². The lowest BCUT2D eigenvalue weighted by molar-refractivity contribution is 0.0605. The van der Waals surface area contributed by atoms with E-state index in [0.29, 0.717) is 20.8 Å². The van der Waals surface area contributed by atoms with Crippen molar-refractivity contribution in [1.82, 2.24) is 0 Å². The molecule has 1 aromatic carbocycles. The molecule has 2 unspecified atom stereocenters. The molecule has 0 radical (unpaired) electrons. The van der Waals surface area contributed by atoms with Crippen molar-refractivity contribution in [3.8, 4) is 5.75 Å². The molecule has 0 aromatic heterocycles. The Morgan fingerprint density at radius 1 is 1.07 bits per heavy atom. The minimum absolute atomic E-state index is 0.361. The van der Waals surface area contributed by atoms with Crippen LogP contribution in [0.1, 0.15) is 13.8 Å². The first kappa shape index (κ1) is 12.9. The molecule has 2 atom stereocenters. The van der Waals surface area contributed by atoms with Crippen LogP contribution in [0, 0.1) is 0 Å². The van der Waals surface area contributed by atoms with Crippen molar-refractivity contribution >= 4 is 34.8 Å². The summed E-state index contributed by atoms with van der Waals surface area (Å²) in [5.74, 6) is 0.416. The molecular weight excluding hydrogens is 258 g/mol. The quantitative estimate of drug-likeness (QED) is 0.846. The number of rotatable bonds is 3. The molecule has 0 aliphatic carbocycles. The zero-order chi connectivity index (χ0) is 11.6. The van der Waals surface area contributed by atoms with Crippen LogP contribution in [0.15, 0.2) is 12.1 Å². The molecule has 0 aliphatic heterocycles. The summed E-state index contributed by atoms with van der Waals surface area (Å²) in [5, 5.41) is 10.4. The topological polar surface area (TPSA) is 29.5 Å². The fraction of sp³-hybridized carbons (Fsp3) is 0.400. The number of hydrogen-bond acceptors (Lipinski definition) is 2. The molecule has 1 N–H and O–H groups in total. The number of benzene rings is 1. The Morgan fingerprint density at radius 2 is 1.60 bits per heavy atom. The summed E-state index contributed by atoms with van der Waals surface area (Å²) >= 11 is 17.5. The van der Waals surface area contributed by atoms with Crippen LogP contribution < -0.4 is 4.74 Å². The SMILES string of the molecule is CC(O)C(C)Oc1cc(Cl)c(Cl)cc1Cl. The maximum Gasteiger partial charge on any atom is 0.140 e. The Labute approximate surface area is 104 Å². The number of aliphatic hydroxyl groups excluding tert-OH is 1. The second-order valence-electron chi connectivity index (χ2n) is 3.26. The molecule has 0 bridgehead atoms. The van der Waals surface area contributed by atoms with Crippen molar-refractivity contribution in [2.75, 3.05) is 0 Å². The van der Waals surface area contributed by atoms with Crippen LogP contribution in [0.25, 0.3) is 0 Å². The molecule has 0 heterocycles. The lowest BCUT2D eigenvalue weighted by Crippen LogP contribution is -2.25. The van der Waals surface area contributed by atoms with Gasteiger partial charge in [-0.2, -0.15) is 0 Å². The predicted molar refractivity (Wildman–Crippen MR) is 63.2 cm³/mol. The molecule has 0 fully saturated rings. The predicted octanol–water partition coefficient (Wildman–Crippen LogP) is 3.79. The van der Waals surface area contributed by atoms with E-state index in [1.807, 2.05) is 0 Å². The van der Waals surface area contributed by atoms with Gasteiger partial charge in [-0.25, -0.2) is 0 Å². The van der Waals surface area contributed by atoms with Crippen molar-refractivity contribution in [3.63, 3.8) is 0 Å². The van der Waals surface area contributed by atoms with Gasteiger partial charge >= 0.3 is 0 Å². The third-order valence-electron chi connectivity index (χ3n) is 1.97. The zero-order valence-electron chi connectivity index (χ0n) is 8.30. The van der Waals surface area contributed by atoms with Crippen LogP contribution >= 0.6 is 34.8 Å². The van der Waals surface area contributed by atoms with Gasteiger partial charge in [-0.05, 0) is 19.9 Å². The lowest BCUT2D eigenvalue weighted by Gasteiger charge is -2.18. The molecule has 1 aromatic rings. The highest BCUT2D eigenvalue weighted by Crippen LogP contribution is 2.34. The largest absolute Gasteiger partial charge is 0.486 e. The normalized spacial score (nSPS) is 14.8. The standard InChI is InChI=1S/C10H11Cl3O2/c1-5(14)6(2)15-10-4-8(12)7(11)3-9(10)13/h3-6,14H,1-2H3. The number of hydrogen-bond donors (Lipinski definition) is 1. The first-order chi connectivity index (χ1) is 6.91. The first-order valence-corrected chi connectivity index (χ1v) is 5.54. The van der Waals surface area contributed by atoms with Crippen molar-refractivity contribution in [3.05, 3.63) is 27.2 Å². The van der Waals surface area contributed by atoms with Gasteiger partial charge in [0, 0.05) is 6.07 Å². The second-order valence-corrected chi connectivity index (χ2v) is 4.48. The molecule has 84 valence electrons. The molecular formula is C10H11Cl3O2. The summed E-state index contributed by atoms with van der Waals surface area (Å²) in [6.07, 6.45) is -0.949. The molecule has 5 heteroatoms. The van der Waals surface area contributed by atoms with E-state index in [1.165, 1.54) is 12.1 Å². The van der Waals surface area contributed by atoms with E-state index in [0.717, 1.165) is 0 Å². The van der Waals surface area contributed by atoms with Crippen LogP contribution in [0.3, 0.4) is 0 Å². The maximum atomic E-state index is 9.27.